The Morgan fingerprint density at radius 3 is 2.56 bits per heavy atom. The van der Waals surface area contributed by atoms with Crippen LogP contribution in [0.4, 0.5) is 5.95 Å². The number of ether oxygens (including phenoxy) is 2. The number of aromatic nitrogens is 3. The molecule has 3 rings (SSSR count). The number of aromatic amines is 1. The number of benzene rings is 1. The number of likely N-dealkylation sites (tertiary alicyclic amines) is 1. The van der Waals surface area contributed by atoms with E-state index in [-0.39, 0.29) is 18.0 Å². The monoisotopic (exact) mass is 345 g/mol. The van der Waals surface area contributed by atoms with E-state index in [0.29, 0.717) is 31.8 Å². The zero-order valence-electron chi connectivity index (χ0n) is 14.3. The van der Waals surface area contributed by atoms with Gasteiger partial charge in [-0.2, -0.15) is 4.98 Å². The number of piperidine rings is 1. The molecule has 8 heteroatoms. The molecule has 1 aliphatic heterocycles. The number of carbonyl (C=O) groups is 1. The molecule has 2 heterocycles. The number of amides is 1. The van der Waals surface area contributed by atoms with Gasteiger partial charge in [-0.3, -0.25) is 9.89 Å². The molecule has 2 aromatic rings. The summed E-state index contributed by atoms with van der Waals surface area (Å²) in [5.41, 5.74) is 5.45. The van der Waals surface area contributed by atoms with Crippen molar-refractivity contribution in [3.63, 3.8) is 0 Å². The maximum absolute atomic E-state index is 12.3. The minimum Gasteiger partial charge on any atom is -0.497 e. The summed E-state index contributed by atoms with van der Waals surface area (Å²) in [6.45, 7) is 1.41. The summed E-state index contributed by atoms with van der Waals surface area (Å²) in [7, 11) is 1.64. The first-order chi connectivity index (χ1) is 12.1. The molecule has 1 aliphatic rings. The number of anilines is 1. The van der Waals surface area contributed by atoms with Gasteiger partial charge in [0.15, 0.2) is 0 Å². The van der Waals surface area contributed by atoms with Crippen LogP contribution in [0.5, 0.6) is 11.5 Å². The van der Waals surface area contributed by atoms with E-state index in [0.717, 1.165) is 24.3 Å². The van der Waals surface area contributed by atoms with Crippen molar-refractivity contribution in [1.29, 1.82) is 0 Å². The van der Waals surface area contributed by atoms with Crippen LogP contribution in [0.25, 0.3) is 0 Å². The van der Waals surface area contributed by atoms with E-state index in [9.17, 15) is 4.79 Å². The summed E-state index contributed by atoms with van der Waals surface area (Å²) in [4.78, 5) is 18.2. The second-order valence-corrected chi connectivity index (χ2v) is 6.01. The lowest BCUT2D eigenvalue weighted by atomic mass is 10.1. The van der Waals surface area contributed by atoms with Crippen LogP contribution >= 0.6 is 0 Å². The third-order valence-corrected chi connectivity index (χ3v) is 4.28. The van der Waals surface area contributed by atoms with Gasteiger partial charge in [-0.1, -0.05) is 0 Å². The third-order valence-electron chi connectivity index (χ3n) is 4.28. The zero-order valence-corrected chi connectivity index (χ0v) is 14.3. The smallest absolute Gasteiger partial charge is 0.239 e. The van der Waals surface area contributed by atoms with Crippen molar-refractivity contribution >= 4 is 11.9 Å². The van der Waals surface area contributed by atoms with Gasteiger partial charge in [-0.05, 0) is 24.3 Å². The van der Waals surface area contributed by atoms with Crippen LogP contribution in [-0.4, -0.2) is 52.3 Å². The average Bonchev–Trinajstić information content (AvgIpc) is 3.06. The fraction of sp³-hybridized carbons (Fsp3) is 0.471. The number of nitrogen functional groups attached to an aromatic ring is 1. The van der Waals surface area contributed by atoms with Gasteiger partial charge in [0.1, 0.15) is 23.4 Å². The Labute approximate surface area is 146 Å². The first kappa shape index (κ1) is 17.1. The number of aryl methyl sites for hydroxylation is 1. The summed E-state index contributed by atoms with van der Waals surface area (Å²) in [6.07, 6.45) is 2.70. The molecule has 25 heavy (non-hydrogen) atoms. The van der Waals surface area contributed by atoms with E-state index < -0.39 is 0 Å². The molecule has 1 fully saturated rings. The molecule has 8 nitrogen and oxygen atoms in total. The fourth-order valence-corrected chi connectivity index (χ4v) is 2.88. The van der Waals surface area contributed by atoms with Gasteiger partial charge >= 0.3 is 0 Å². The number of nitrogens with one attached hydrogen (secondary N) is 1. The number of H-pyrrole nitrogens is 1. The standard InChI is InChI=1S/C17H23N5O3/c1-24-12-2-4-13(5-3-12)25-14-8-10-22(11-9-14)16(23)7-6-15-19-17(18)21-20-15/h2-5,14H,6-11H2,1H3,(H3,18,19,20,21). The van der Waals surface area contributed by atoms with Crippen molar-refractivity contribution in [2.45, 2.75) is 31.8 Å². The minimum atomic E-state index is 0.123. The number of hydrogen-bond donors (Lipinski definition) is 2. The van der Waals surface area contributed by atoms with E-state index in [2.05, 4.69) is 15.2 Å². The molecule has 0 radical (unpaired) electrons. The summed E-state index contributed by atoms with van der Waals surface area (Å²) >= 11 is 0. The molecule has 3 N–H and O–H groups in total. The maximum Gasteiger partial charge on any atom is 0.239 e. The molecule has 134 valence electrons. The second-order valence-electron chi connectivity index (χ2n) is 6.01. The molecule has 1 aromatic carbocycles. The molecule has 0 unspecified atom stereocenters. The van der Waals surface area contributed by atoms with Crippen molar-refractivity contribution in [3.8, 4) is 11.5 Å². The number of nitrogens with zero attached hydrogens (tertiary/aromatic N) is 3. The van der Waals surface area contributed by atoms with E-state index in [1.165, 1.54) is 0 Å². The highest BCUT2D eigenvalue weighted by Crippen LogP contribution is 2.22. The van der Waals surface area contributed by atoms with Gasteiger partial charge in [0.2, 0.25) is 11.9 Å². The number of methoxy groups -OCH3 is 1. The highest BCUT2D eigenvalue weighted by molar-refractivity contribution is 5.76. The second kappa shape index (κ2) is 7.87. The highest BCUT2D eigenvalue weighted by atomic mass is 16.5. The molecular formula is C17H23N5O3. The number of nitrogens with two attached hydrogens (primary N) is 1. The summed E-state index contributed by atoms with van der Waals surface area (Å²) in [6, 6.07) is 7.56. The SMILES string of the molecule is COc1ccc(OC2CCN(C(=O)CCc3nc(N)n[nH]3)CC2)cc1. The summed E-state index contributed by atoms with van der Waals surface area (Å²) in [5.74, 6) is 2.61. The molecular weight excluding hydrogens is 322 g/mol. The molecule has 0 atom stereocenters. The van der Waals surface area contributed by atoms with Crippen LogP contribution in [0, 0.1) is 0 Å². The van der Waals surface area contributed by atoms with E-state index >= 15 is 0 Å². The highest BCUT2D eigenvalue weighted by Gasteiger charge is 2.24. The van der Waals surface area contributed by atoms with Crippen LogP contribution in [0.3, 0.4) is 0 Å². The summed E-state index contributed by atoms with van der Waals surface area (Å²) in [5, 5.41) is 6.48. The first-order valence-electron chi connectivity index (χ1n) is 8.39. The topological polar surface area (TPSA) is 106 Å². The number of carbonyl (C=O) groups excluding carboxylic acids is 1. The molecule has 0 aliphatic carbocycles. The Hall–Kier alpha value is -2.77. The van der Waals surface area contributed by atoms with Gasteiger partial charge in [-0.15, -0.1) is 5.10 Å². The van der Waals surface area contributed by atoms with Crippen molar-refractivity contribution in [3.05, 3.63) is 30.1 Å². The van der Waals surface area contributed by atoms with Gasteiger partial charge < -0.3 is 20.1 Å². The van der Waals surface area contributed by atoms with E-state index in [4.69, 9.17) is 15.2 Å². The lowest BCUT2D eigenvalue weighted by molar-refractivity contribution is -0.132. The molecule has 0 bridgehead atoms. The van der Waals surface area contributed by atoms with E-state index in [1.54, 1.807) is 7.11 Å². The van der Waals surface area contributed by atoms with Crippen LogP contribution < -0.4 is 15.2 Å². The third kappa shape index (κ3) is 4.62. The van der Waals surface area contributed by atoms with Crippen LogP contribution in [0.2, 0.25) is 0 Å². The molecule has 1 amide bonds. The Bertz CT molecular complexity index is 693. The zero-order chi connectivity index (χ0) is 17.6. The molecule has 0 saturated carbocycles. The van der Waals surface area contributed by atoms with Crippen molar-refractivity contribution < 1.29 is 14.3 Å². The largest absolute Gasteiger partial charge is 0.497 e. The quantitative estimate of drug-likeness (QED) is 0.819. The predicted molar refractivity (Wildman–Crippen MR) is 92.3 cm³/mol. The minimum absolute atomic E-state index is 0.123. The molecule has 1 aromatic heterocycles. The Balaban J connectivity index is 1.42. The van der Waals surface area contributed by atoms with Gasteiger partial charge in [0.05, 0.1) is 7.11 Å². The van der Waals surface area contributed by atoms with Crippen molar-refractivity contribution in [1.82, 2.24) is 20.1 Å². The lowest BCUT2D eigenvalue weighted by Gasteiger charge is -2.32. The molecule has 0 spiro atoms. The Morgan fingerprint density at radius 1 is 1.28 bits per heavy atom. The van der Waals surface area contributed by atoms with E-state index in [1.807, 2.05) is 29.2 Å². The maximum atomic E-state index is 12.3. The molecule has 1 saturated heterocycles. The van der Waals surface area contributed by atoms with Gasteiger partial charge in [0, 0.05) is 38.8 Å². The number of rotatable bonds is 6. The van der Waals surface area contributed by atoms with Crippen LogP contribution in [0.1, 0.15) is 25.1 Å². The summed E-state index contributed by atoms with van der Waals surface area (Å²) < 4.78 is 11.1. The fourth-order valence-electron chi connectivity index (χ4n) is 2.88. The van der Waals surface area contributed by atoms with Gasteiger partial charge in [-0.25, -0.2) is 0 Å². The first-order valence-corrected chi connectivity index (χ1v) is 8.39. The number of hydrogen-bond acceptors (Lipinski definition) is 6. The van der Waals surface area contributed by atoms with Crippen LogP contribution in [-0.2, 0) is 11.2 Å². The lowest BCUT2D eigenvalue weighted by Crippen LogP contribution is -2.41. The average molecular weight is 345 g/mol. The Kier molecular flexibility index (Phi) is 5.37. The Morgan fingerprint density at radius 2 is 1.96 bits per heavy atom. The van der Waals surface area contributed by atoms with Crippen molar-refractivity contribution in [2.75, 3.05) is 25.9 Å². The van der Waals surface area contributed by atoms with Crippen LogP contribution in [0.15, 0.2) is 24.3 Å². The predicted octanol–water partition coefficient (Wildman–Crippen LogP) is 1.40. The van der Waals surface area contributed by atoms with Crippen molar-refractivity contribution in [2.24, 2.45) is 0 Å². The normalized spacial score (nSPS) is 15.2. The van der Waals surface area contributed by atoms with Gasteiger partial charge in [0.25, 0.3) is 0 Å².